The van der Waals surface area contributed by atoms with E-state index in [1.165, 1.54) is 0 Å². The van der Waals surface area contributed by atoms with Crippen molar-refractivity contribution in [3.63, 3.8) is 0 Å². The van der Waals surface area contributed by atoms with Gasteiger partial charge in [-0.2, -0.15) is 13.1 Å². The number of nitrogens with zero attached hydrogens (tertiary/aromatic N) is 1. The van der Waals surface area contributed by atoms with Gasteiger partial charge in [0.05, 0.1) is 6.54 Å². The second-order valence-electron chi connectivity index (χ2n) is 2.34. The Morgan fingerprint density at radius 3 is 2.00 bits per heavy atom. The zero-order valence-electron chi connectivity index (χ0n) is 7.04. The molecular formula is C5H10F4N2O2S. The molecule has 4 nitrogen and oxygen atoms in total. The van der Waals surface area contributed by atoms with Gasteiger partial charge in [0.1, 0.15) is 0 Å². The van der Waals surface area contributed by atoms with Gasteiger partial charge in [0, 0.05) is 13.1 Å². The van der Waals surface area contributed by atoms with Crippen LogP contribution in [0.4, 0.5) is 17.6 Å². The summed E-state index contributed by atoms with van der Waals surface area (Å²) < 4.78 is 68.9. The van der Waals surface area contributed by atoms with Gasteiger partial charge < -0.3 is 5.73 Å². The maximum absolute atomic E-state index is 11.9. The van der Waals surface area contributed by atoms with Crippen LogP contribution >= 0.6 is 0 Å². The summed E-state index contributed by atoms with van der Waals surface area (Å²) >= 11 is 0. The zero-order chi connectivity index (χ0) is 11.4. The van der Waals surface area contributed by atoms with Gasteiger partial charge >= 0.3 is 5.76 Å². The van der Waals surface area contributed by atoms with Crippen LogP contribution in [-0.2, 0) is 10.0 Å². The average Bonchev–Trinajstić information content (AvgIpc) is 2.02. The molecule has 0 amide bonds. The number of nitrogens with two attached hydrogens (primary N) is 1. The number of rotatable bonds is 6. The van der Waals surface area contributed by atoms with Crippen molar-refractivity contribution in [3.8, 4) is 0 Å². The van der Waals surface area contributed by atoms with Crippen LogP contribution in [-0.4, -0.2) is 44.5 Å². The molecule has 0 fully saturated rings. The molecular weight excluding hydrogens is 228 g/mol. The molecule has 0 spiro atoms. The van der Waals surface area contributed by atoms with Crippen LogP contribution in [0, 0.1) is 0 Å². The summed E-state index contributed by atoms with van der Waals surface area (Å²) in [6.45, 7) is -2.10. The molecule has 86 valence electrons. The minimum absolute atomic E-state index is 0.0116. The lowest BCUT2D eigenvalue weighted by Crippen LogP contribution is -2.41. The number of alkyl halides is 4. The first-order chi connectivity index (χ1) is 6.32. The first-order valence-corrected chi connectivity index (χ1v) is 5.08. The standard InChI is InChI=1S/C5H10F4N2O2S/c6-4(7)3-11(2-1-10)14(12,13)5(8)9/h4-5H,1-3,10H2. The van der Waals surface area contributed by atoms with Gasteiger partial charge in [-0.25, -0.2) is 17.2 Å². The van der Waals surface area contributed by atoms with Crippen molar-refractivity contribution in [1.82, 2.24) is 4.31 Å². The van der Waals surface area contributed by atoms with Gasteiger partial charge in [0.25, 0.3) is 16.4 Å². The molecule has 0 heterocycles. The molecule has 2 N–H and O–H groups in total. The number of hydrogen-bond acceptors (Lipinski definition) is 3. The minimum atomic E-state index is -4.96. The molecule has 0 aromatic rings. The summed E-state index contributed by atoms with van der Waals surface area (Å²) in [6.07, 6.45) is -3.00. The van der Waals surface area contributed by atoms with Gasteiger partial charge in [-0.15, -0.1) is 0 Å². The first-order valence-electron chi connectivity index (χ1n) is 3.57. The lowest BCUT2D eigenvalue weighted by molar-refractivity contribution is 0.116. The monoisotopic (exact) mass is 238 g/mol. The van der Waals surface area contributed by atoms with Gasteiger partial charge in [0.2, 0.25) is 0 Å². The molecule has 0 unspecified atom stereocenters. The highest BCUT2D eigenvalue weighted by atomic mass is 32.2. The highest BCUT2D eigenvalue weighted by molar-refractivity contribution is 7.89. The molecule has 0 aliphatic rings. The Morgan fingerprint density at radius 1 is 1.21 bits per heavy atom. The fourth-order valence-corrected chi connectivity index (χ4v) is 1.64. The van der Waals surface area contributed by atoms with E-state index in [9.17, 15) is 26.0 Å². The van der Waals surface area contributed by atoms with Crippen molar-refractivity contribution in [2.75, 3.05) is 19.6 Å². The predicted octanol–water partition coefficient (Wildman–Crippen LogP) is 0.0646. The summed E-state index contributed by atoms with van der Waals surface area (Å²) in [4.78, 5) is 0. The third kappa shape index (κ3) is 3.76. The second kappa shape index (κ2) is 5.47. The SMILES string of the molecule is NCCN(CC(F)F)S(=O)(=O)C(F)F. The van der Waals surface area contributed by atoms with Crippen LogP contribution in [0.15, 0.2) is 0 Å². The topological polar surface area (TPSA) is 63.4 Å². The molecule has 0 rings (SSSR count). The Kier molecular flexibility index (Phi) is 5.31. The van der Waals surface area contributed by atoms with Crippen LogP contribution in [0.1, 0.15) is 0 Å². The molecule has 0 bridgehead atoms. The zero-order valence-corrected chi connectivity index (χ0v) is 7.85. The average molecular weight is 238 g/mol. The fourth-order valence-electron chi connectivity index (χ4n) is 0.733. The smallest absolute Gasteiger partial charge is 0.329 e. The molecule has 0 aromatic carbocycles. The Bertz CT molecular complexity index is 256. The quantitative estimate of drug-likeness (QED) is 0.666. The van der Waals surface area contributed by atoms with E-state index in [1.807, 2.05) is 0 Å². The largest absolute Gasteiger partial charge is 0.350 e. The number of halogens is 4. The predicted molar refractivity (Wildman–Crippen MR) is 41.6 cm³/mol. The van der Waals surface area contributed by atoms with Crippen LogP contribution in [0.3, 0.4) is 0 Å². The Balaban J connectivity index is 4.64. The Hall–Kier alpha value is -0.410. The Morgan fingerprint density at radius 2 is 1.71 bits per heavy atom. The minimum Gasteiger partial charge on any atom is -0.329 e. The summed E-state index contributed by atoms with van der Waals surface area (Å²) in [5, 5.41) is 0. The van der Waals surface area contributed by atoms with E-state index >= 15 is 0 Å². The van der Waals surface area contributed by atoms with Crippen LogP contribution in [0.2, 0.25) is 0 Å². The van der Waals surface area contributed by atoms with Crippen molar-refractivity contribution >= 4 is 10.0 Å². The maximum Gasteiger partial charge on any atom is 0.350 e. The number of sulfonamides is 1. The highest BCUT2D eigenvalue weighted by Crippen LogP contribution is 2.12. The van der Waals surface area contributed by atoms with Crippen molar-refractivity contribution in [2.24, 2.45) is 5.73 Å². The summed E-state index contributed by atoms with van der Waals surface area (Å²) in [7, 11) is -4.96. The van der Waals surface area contributed by atoms with Gasteiger partial charge in [-0.05, 0) is 0 Å². The Labute approximate surface area is 78.7 Å². The van der Waals surface area contributed by atoms with Crippen molar-refractivity contribution < 1.29 is 26.0 Å². The molecule has 0 saturated carbocycles. The normalized spacial score (nSPS) is 13.1. The van der Waals surface area contributed by atoms with Crippen LogP contribution < -0.4 is 5.73 Å². The summed E-state index contributed by atoms with van der Waals surface area (Å²) in [5.74, 6) is -3.70. The molecule has 0 aliphatic heterocycles. The summed E-state index contributed by atoms with van der Waals surface area (Å²) in [6, 6.07) is 0. The molecule has 14 heavy (non-hydrogen) atoms. The highest BCUT2D eigenvalue weighted by Gasteiger charge is 2.33. The molecule has 0 saturated heterocycles. The number of hydrogen-bond donors (Lipinski definition) is 1. The van der Waals surface area contributed by atoms with E-state index in [4.69, 9.17) is 5.73 Å². The molecule has 0 radical (unpaired) electrons. The second-order valence-corrected chi connectivity index (χ2v) is 4.25. The van der Waals surface area contributed by atoms with Gasteiger partial charge in [-0.1, -0.05) is 0 Å². The van der Waals surface area contributed by atoms with Gasteiger partial charge in [-0.3, -0.25) is 0 Å². The lowest BCUT2D eigenvalue weighted by Gasteiger charge is -2.19. The molecule has 0 aromatic heterocycles. The van der Waals surface area contributed by atoms with Crippen molar-refractivity contribution in [1.29, 1.82) is 0 Å². The van der Waals surface area contributed by atoms with E-state index in [2.05, 4.69) is 0 Å². The third-order valence-electron chi connectivity index (χ3n) is 1.31. The van der Waals surface area contributed by atoms with E-state index in [1.54, 1.807) is 0 Å². The van der Waals surface area contributed by atoms with Crippen molar-refractivity contribution in [2.45, 2.75) is 12.2 Å². The third-order valence-corrected chi connectivity index (χ3v) is 2.81. The fraction of sp³-hybridized carbons (Fsp3) is 1.00. The van der Waals surface area contributed by atoms with E-state index in [0.29, 0.717) is 0 Å². The first kappa shape index (κ1) is 13.6. The van der Waals surface area contributed by atoms with Crippen molar-refractivity contribution in [3.05, 3.63) is 0 Å². The van der Waals surface area contributed by atoms with E-state index in [0.717, 1.165) is 0 Å². The molecule has 0 aliphatic carbocycles. The molecule has 9 heteroatoms. The summed E-state index contributed by atoms with van der Waals surface area (Å²) in [5.41, 5.74) is 4.91. The molecule has 0 atom stereocenters. The van der Waals surface area contributed by atoms with Crippen LogP contribution in [0.25, 0.3) is 0 Å². The maximum atomic E-state index is 11.9. The van der Waals surface area contributed by atoms with E-state index in [-0.39, 0.29) is 10.8 Å². The van der Waals surface area contributed by atoms with Crippen LogP contribution in [0.5, 0.6) is 0 Å². The van der Waals surface area contributed by atoms with E-state index < -0.39 is 35.3 Å². The van der Waals surface area contributed by atoms with Gasteiger partial charge in [0.15, 0.2) is 0 Å². The lowest BCUT2D eigenvalue weighted by atomic mass is 10.6.